The van der Waals surface area contributed by atoms with Crippen LogP contribution < -0.4 is 0 Å². The minimum atomic E-state index is -0.237. The normalized spacial score (nSPS) is 18.6. The van der Waals surface area contributed by atoms with Gasteiger partial charge >= 0.3 is 5.97 Å². The van der Waals surface area contributed by atoms with Crippen molar-refractivity contribution in [2.45, 2.75) is 26.2 Å². The fraction of sp³-hybridized carbons (Fsp3) is 0.727. The maximum atomic E-state index is 11.0. The highest BCUT2D eigenvalue weighted by molar-refractivity contribution is 5.81. The van der Waals surface area contributed by atoms with E-state index in [4.69, 9.17) is 9.47 Å². The molecule has 1 aliphatic rings. The van der Waals surface area contributed by atoms with Crippen LogP contribution in [-0.2, 0) is 14.3 Å². The highest BCUT2D eigenvalue weighted by atomic mass is 16.5. The largest absolute Gasteiger partial charge is 0.463 e. The molecule has 0 atom stereocenters. The Hall–Kier alpha value is -0.830. The molecule has 0 aromatic rings. The van der Waals surface area contributed by atoms with E-state index in [1.807, 2.05) is 13.0 Å². The first kappa shape index (κ1) is 11.2. The summed E-state index contributed by atoms with van der Waals surface area (Å²) in [5.41, 5.74) is 0. The first-order chi connectivity index (χ1) is 6.83. The molecule has 1 rings (SSSR count). The van der Waals surface area contributed by atoms with Gasteiger partial charge in [0.25, 0.3) is 0 Å². The van der Waals surface area contributed by atoms with Crippen molar-refractivity contribution in [1.82, 2.24) is 0 Å². The highest BCUT2D eigenvalue weighted by Crippen LogP contribution is 2.18. The van der Waals surface area contributed by atoms with Crippen molar-refractivity contribution in [3.8, 4) is 0 Å². The molecule has 1 fully saturated rings. The first-order valence-corrected chi connectivity index (χ1v) is 5.24. The van der Waals surface area contributed by atoms with Crippen LogP contribution in [0.25, 0.3) is 0 Å². The molecule has 0 aliphatic carbocycles. The lowest BCUT2D eigenvalue weighted by Crippen LogP contribution is -2.14. The van der Waals surface area contributed by atoms with Crippen LogP contribution in [0.4, 0.5) is 0 Å². The van der Waals surface area contributed by atoms with Crippen molar-refractivity contribution in [3.63, 3.8) is 0 Å². The molecular weight excluding hydrogens is 180 g/mol. The minimum Gasteiger partial charge on any atom is -0.463 e. The van der Waals surface area contributed by atoms with Gasteiger partial charge in [0.1, 0.15) is 0 Å². The van der Waals surface area contributed by atoms with Crippen LogP contribution in [0.15, 0.2) is 12.2 Å². The van der Waals surface area contributed by atoms with E-state index in [1.165, 1.54) is 6.08 Å². The summed E-state index contributed by atoms with van der Waals surface area (Å²) in [6.45, 7) is 3.97. The van der Waals surface area contributed by atoms with E-state index in [-0.39, 0.29) is 5.97 Å². The van der Waals surface area contributed by atoms with Crippen molar-refractivity contribution >= 4 is 5.97 Å². The molecule has 3 heteroatoms. The van der Waals surface area contributed by atoms with Crippen LogP contribution >= 0.6 is 0 Å². The maximum Gasteiger partial charge on any atom is 0.330 e. The Labute approximate surface area is 85.1 Å². The number of esters is 1. The summed E-state index contributed by atoms with van der Waals surface area (Å²) in [6, 6.07) is 0. The van der Waals surface area contributed by atoms with E-state index >= 15 is 0 Å². The zero-order chi connectivity index (χ0) is 10.2. The Morgan fingerprint density at radius 1 is 1.50 bits per heavy atom. The van der Waals surface area contributed by atoms with Crippen LogP contribution in [0.2, 0.25) is 0 Å². The van der Waals surface area contributed by atoms with E-state index in [2.05, 4.69) is 0 Å². The van der Waals surface area contributed by atoms with E-state index in [9.17, 15) is 4.79 Å². The average Bonchev–Trinajstić information content (AvgIpc) is 2.20. The van der Waals surface area contributed by atoms with Gasteiger partial charge in [0.15, 0.2) is 0 Å². The van der Waals surface area contributed by atoms with Crippen LogP contribution in [0, 0.1) is 5.92 Å². The quantitative estimate of drug-likeness (QED) is 0.511. The lowest BCUT2D eigenvalue weighted by atomic mass is 9.96. The van der Waals surface area contributed by atoms with Crippen LogP contribution in [-0.4, -0.2) is 25.8 Å². The second-order valence-electron chi connectivity index (χ2n) is 3.45. The van der Waals surface area contributed by atoms with Crippen LogP contribution in [0.3, 0.4) is 0 Å². The predicted octanol–water partition coefficient (Wildman–Crippen LogP) is 1.92. The van der Waals surface area contributed by atoms with Gasteiger partial charge in [-0.05, 0) is 32.1 Å². The molecule has 0 saturated carbocycles. The molecule has 1 aliphatic heterocycles. The molecule has 0 spiro atoms. The van der Waals surface area contributed by atoms with Crippen LogP contribution in [0.1, 0.15) is 26.2 Å². The SMILES string of the molecule is CCOC(=O)C=CCC1CCOCC1. The van der Waals surface area contributed by atoms with Gasteiger partial charge < -0.3 is 9.47 Å². The molecule has 0 radical (unpaired) electrons. The molecule has 1 heterocycles. The van der Waals surface area contributed by atoms with Crippen molar-refractivity contribution < 1.29 is 14.3 Å². The summed E-state index contributed by atoms with van der Waals surface area (Å²) in [7, 11) is 0. The number of carbonyl (C=O) groups is 1. The van der Waals surface area contributed by atoms with Gasteiger partial charge in [0.05, 0.1) is 6.61 Å². The fourth-order valence-electron chi connectivity index (χ4n) is 1.53. The summed E-state index contributed by atoms with van der Waals surface area (Å²) in [4.78, 5) is 11.0. The zero-order valence-electron chi connectivity index (χ0n) is 8.70. The zero-order valence-corrected chi connectivity index (χ0v) is 8.70. The minimum absolute atomic E-state index is 0.237. The fourth-order valence-corrected chi connectivity index (χ4v) is 1.53. The number of ether oxygens (including phenoxy) is 2. The van der Waals surface area contributed by atoms with Gasteiger partial charge in [-0.2, -0.15) is 0 Å². The van der Waals surface area contributed by atoms with Crippen molar-refractivity contribution in [2.75, 3.05) is 19.8 Å². The lowest BCUT2D eigenvalue weighted by Gasteiger charge is -2.20. The van der Waals surface area contributed by atoms with E-state index in [0.29, 0.717) is 12.5 Å². The molecule has 0 unspecified atom stereocenters. The molecule has 3 nitrogen and oxygen atoms in total. The van der Waals surface area contributed by atoms with Crippen molar-refractivity contribution in [1.29, 1.82) is 0 Å². The third-order valence-corrected chi connectivity index (χ3v) is 2.35. The predicted molar refractivity (Wildman–Crippen MR) is 53.9 cm³/mol. The number of hydrogen-bond acceptors (Lipinski definition) is 3. The maximum absolute atomic E-state index is 11.0. The number of rotatable bonds is 4. The molecule has 0 N–H and O–H groups in total. The van der Waals surface area contributed by atoms with Crippen LogP contribution in [0.5, 0.6) is 0 Å². The Kier molecular flexibility index (Phi) is 5.30. The molecule has 0 aromatic heterocycles. The summed E-state index contributed by atoms with van der Waals surface area (Å²) < 4.78 is 10.0. The molecule has 14 heavy (non-hydrogen) atoms. The molecule has 0 aromatic carbocycles. The number of hydrogen-bond donors (Lipinski definition) is 0. The number of carbonyl (C=O) groups excluding carboxylic acids is 1. The molecule has 80 valence electrons. The van der Waals surface area contributed by atoms with Gasteiger partial charge in [-0.1, -0.05) is 6.08 Å². The molecule has 1 saturated heterocycles. The van der Waals surface area contributed by atoms with Gasteiger partial charge in [-0.15, -0.1) is 0 Å². The Morgan fingerprint density at radius 2 is 2.21 bits per heavy atom. The van der Waals surface area contributed by atoms with Gasteiger partial charge in [-0.25, -0.2) is 4.79 Å². The Bertz CT molecular complexity index is 193. The van der Waals surface area contributed by atoms with Crippen molar-refractivity contribution in [3.05, 3.63) is 12.2 Å². The third-order valence-electron chi connectivity index (χ3n) is 2.35. The molecular formula is C11H18O3. The Balaban J connectivity index is 2.14. The van der Waals surface area contributed by atoms with Gasteiger partial charge in [0.2, 0.25) is 0 Å². The van der Waals surface area contributed by atoms with Gasteiger partial charge in [-0.3, -0.25) is 0 Å². The number of allylic oxidation sites excluding steroid dienone is 1. The van der Waals surface area contributed by atoms with E-state index < -0.39 is 0 Å². The molecule has 0 bridgehead atoms. The Morgan fingerprint density at radius 3 is 2.86 bits per heavy atom. The summed E-state index contributed by atoms with van der Waals surface area (Å²) in [5.74, 6) is 0.439. The third kappa shape index (κ3) is 4.42. The summed E-state index contributed by atoms with van der Waals surface area (Å²) >= 11 is 0. The standard InChI is InChI=1S/C11H18O3/c1-2-14-11(12)5-3-4-10-6-8-13-9-7-10/h3,5,10H,2,4,6-9H2,1H3. The topological polar surface area (TPSA) is 35.5 Å². The second-order valence-corrected chi connectivity index (χ2v) is 3.45. The second kappa shape index (κ2) is 6.60. The lowest BCUT2D eigenvalue weighted by molar-refractivity contribution is -0.137. The van der Waals surface area contributed by atoms with Gasteiger partial charge in [0, 0.05) is 19.3 Å². The summed E-state index contributed by atoms with van der Waals surface area (Å²) in [5, 5.41) is 0. The van der Waals surface area contributed by atoms with Crippen molar-refractivity contribution in [2.24, 2.45) is 5.92 Å². The smallest absolute Gasteiger partial charge is 0.330 e. The summed E-state index contributed by atoms with van der Waals surface area (Å²) in [6.07, 6.45) is 6.61. The van der Waals surface area contributed by atoms with E-state index in [0.717, 1.165) is 32.5 Å². The molecule has 0 amide bonds. The monoisotopic (exact) mass is 198 g/mol. The first-order valence-electron chi connectivity index (χ1n) is 5.24. The highest BCUT2D eigenvalue weighted by Gasteiger charge is 2.11. The average molecular weight is 198 g/mol. The van der Waals surface area contributed by atoms with E-state index in [1.54, 1.807) is 0 Å².